The molecule has 3 aliphatic heterocycles. The van der Waals surface area contributed by atoms with Gasteiger partial charge >= 0.3 is 0 Å². The number of amides is 3. The van der Waals surface area contributed by atoms with Crippen LogP contribution in [0.4, 0.5) is 5.69 Å². The summed E-state index contributed by atoms with van der Waals surface area (Å²) in [6, 6.07) is 15.5. The van der Waals surface area contributed by atoms with Crippen LogP contribution in [0.1, 0.15) is 45.6 Å². The molecule has 3 fully saturated rings. The van der Waals surface area contributed by atoms with Crippen LogP contribution in [0.5, 0.6) is 0 Å². The summed E-state index contributed by atoms with van der Waals surface area (Å²) in [6.07, 6.45) is 5.26. The van der Waals surface area contributed by atoms with Crippen LogP contribution >= 0.6 is 23.4 Å². The lowest BCUT2D eigenvalue weighted by atomic mass is 9.66. The molecule has 1 N–H and O–H groups in total. The zero-order valence-corrected chi connectivity index (χ0v) is 28.0. The van der Waals surface area contributed by atoms with Crippen LogP contribution in [0.25, 0.3) is 0 Å². The van der Waals surface area contributed by atoms with E-state index in [0.717, 1.165) is 5.56 Å². The van der Waals surface area contributed by atoms with Gasteiger partial charge in [0.1, 0.15) is 6.04 Å². The summed E-state index contributed by atoms with van der Waals surface area (Å²) in [4.78, 5) is 49.5. The first-order valence-electron chi connectivity index (χ1n) is 15.8. The van der Waals surface area contributed by atoms with Crippen LogP contribution in [0, 0.1) is 17.8 Å². The van der Waals surface area contributed by atoms with Crippen LogP contribution < -0.4 is 4.90 Å². The monoisotopic (exact) mass is 649 g/mol. The fourth-order valence-electron chi connectivity index (χ4n) is 7.84. The van der Waals surface area contributed by atoms with E-state index in [1.807, 2.05) is 44.2 Å². The smallest absolute Gasteiger partial charge is 0.251 e. The van der Waals surface area contributed by atoms with E-state index in [-0.39, 0.29) is 36.8 Å². The van der Waals surface area contributed by atoms with Crippen LogP contribution in [0.15, 0.2) is 79.9 Å². The molecule has 3 amide bonds. The van der Waals surface area contributed by atoms with E-state index < -0.39 is 33.4 Å². The van der Waals surface area contributed by atoms with Crippen molar-refractivity contribution < 1.29 is 19.5 Å². The molecule has 0 saturated carbocycles. The second kappa shape index (κ2) is 13.3. The number of likely N-dealkylation sites (tertiary alicyclic amines) is 1. The fourth-order valence-corrected chi connectivity index (χ4v) is 10.3. The first-order chi connectivity index (χ1) is 21.5. The molecule has 9 heteroatoms. The molecule has 3 saturated heterocycles. The van der Waals surface area contributed by atoms with Crippen molar-refractivity contribution in [3.63, 3.8) is 0 Å². The number of nitrogens with zero attached hydrogens (tertiary/aromatic N) is 3. The molecule has 3 aliphatic rings. The van der Waals surface area contributed by atoms with E-state index in [9.17, 15) is 19.5 Å². The summed E-state index contributed by atoms with van der Waals surface area (Å²) in [5, 5.41) is 11.2. The van der Waals surface area contributed by atoms with Crippen molar-refractivity contribution >= 4 is 46.8 Å². The van der Waals surface area contributed by atoms with Crippen molar-refractivity contribution in [3.05, 3.63) is 90.5 Å². The van der Waals surface area contributed by atoms with Gasteiger partial charge in [0.15, 0.2) is 0 Å². The number of carbonyl (C=O) groups excluding carboxylic acids is 3. The van der Waals surface area contributed by atoms with Crippen LogP contribution in [0.2, 0.25) is 5.02 Å². The van der Waals surface area contributed by atoms with Gasteiger partial charge in [-0.15, -0.1) is 24.9 Å². The van der Waals surface area contributed by atoms with Gasteiger partial charge in [0.05, 0.1) is 29.2 Å². The minimum absolute atomic E-state index is 0.0909. The second-order valence-electron chi connectivity index (χ2n) is 13.1. The van der Waals surface area contributed by atoms with Gasteiger partial charge in [-0.05, 0) is 61.9 Å². The van der Waals surface area contributed by atoms with Gasteiger partial charge in [-0.1, -0.05) is 67.9 Å². The van der Waals surface area contributed by atoms with Crippen LogP contribution in [-0.4, -0.2) is 73.9 Å². The molecular formula is C36H44ClN3O4S. The molecule has 5 rings (SSSR count). The number of aliphatic hydroxyl groups is 1. The minimum Gasteiger partial charge on any atom is -0.394 e. The van der Waals surface area contributed by atoms with E-state index in [1.165, 1.54) is 0 Å². The van der Waals surface area contributed by atoms with Crippen LogP contribution in [0.3, 0.4) is 0 Å². The molecule has 2 aromatic rings. The molecule has 3 heterocycles. The molecule has 0 aromatic heterocycles. The van der Waals surface area contributed by atoms with E-state index in [1.54, 1.807) is 62.9 Å². The van der Waals surface area contributed by atoms with Crippen molar-refractivity contribution in [2.75, 3.05) is 24.6 Å². The van der Waals surface area contributed by atoms with Crippen molar-refractivity contribution in [1.82, 2.24) is 9.80 Å². The van der Waals surface area contributed by atoms with Gasteiger partial charge in [0.25, 0.3) is 5.91 Å². The van der Waals surface area contributed by atoms with Crippen molar-refractivity contribution in [2.24, 2.45) is 17.8 Å². The lowest BCUT2D eigenvalue weighted by Crippen LogP contribution is -2.58. The molecule has 0 radical (unpaired) electrons. The topological polar surface area (TPSA) is 81.2 Å². The largest absolute Gasteiger partial charge is 0.394 e. The molecule has 240 valence electrons. The Hall–Kier alpha value is -3.07. The highest BCUT2D eigenvalue weighted by molar-refractivity contribution is 8.02. The maximum atomic E-state index is 14.9. The predicted molar refractivity (Wildman–Crippen MR) is 182 cm³/mol. The molecule has 2 unspecified atom stereocenters. The standard InChI is InChI=1S/C36H44ClN3O4S/c1-6-19-38(22-25-11-9-8-10-12-25)32(42)29-30-33(43)40(28(23-41)21-24(3)4)31(36(30)18-17-35(29,5)45-36)34(44)39(20-7-2)27-15-13-26(37)14-16-27/h6-16,24,28-31,41H,1-2,17-23H2,3-5H3/t28-,29-,30+,31?,35+,36?/m1/s1. The minimum atomic E-state index is -0.854. The number of fused-ring (bicyclic) bond motifs is 1. The second-order valence-corrected chi connectivity index (χ2v) is 15.5. The Morgan fingerprint density at radius 2 is 1.73 bits per heavy atom. The number of hydrogen-bond acceptors (Lipinski definition) is 5. The average Bonchev–Trinajstić information content (AvgIpc) is 3.59. The number of hydrogen-bond donors (Lipinski definition) is 1. The SMILES string of the molecule is C=CCN(Cc1ccccc1)C(=O)[C@H]1[C@H]2C(=O)N([C@@H](CO)CC(C)C)C(C(=O)N(CC=C)c3ccc(Cl)cc3)C23CC[C@]1(C)S3. The fraction of sp³-hybridized carbons (Fsp3) is 0.472. The third kappa shape index (κ3) is 5.97. The number of carbonyl (C=O) groups is 3. The van der Waals surface area contributed by atoms with Crippen molar-refractivity contribution in [3.8, 4) is 0 Å². The summed E-state index contributed by atoms with van der Waals surface area (Å²) in [5.74, 6) is -1.66. The summed E-state index contributed by atoms with van der Waals surface area (Å²) >= 11 is 7.83. The summed E-state index contributed by atoms with van der Waals surface area (Å²) in [6.45, 7) is 14.7. The summed E-state index contributed by atoms with van der Waals surface area (Å²) in [7, 11) is 0. The molecule has 0 aliphatic carbocycles. The zero-order valence-electron chi connectivity index (χ0n) is 26.4. The van der Waals surface area contributed by atoms with Gasteiger partial charge in [-0.25, -0.2) is 0 Å². The quantitative estimate of drug-likeness (QED) is 0.271. The van der Waals surface area contributed by atoms with Gasteiger partial charge in [0.2, 0.25) is 11.8 Å². The van der Waals surface area contributed by atoms with Gasteiger partial charge in [-0.2, -0.15) is 0 Å². The highest BCUT2D eigenvalue weighted by Crippen LogP contribution is 2.72. The van der Waals surface area contributed by atoms with Crippen molar-refractivity contribution in [2.45, 2.75) is 68.2 Å². The molecule has 2 bridgehead atoms. The molecule has 45 heavy (non-hydrogen) atoms. The maximum Gasteiger partial charge on any atom is 0.251 e. The Balaban J connectivity index is 1.60. The molecule has 7 nitrogen and oxygen atoms in total. The number of benzene rings is 2. The van der Waals surface area contributed by atoms with Crippen LogP contribution in [-0.2, 0) is 20.9 Å². The van der Waals surface area contributed by atoms with E-state index in [4.69, 9.17) is 11.6 Å². The lowest BCUT2D eigenvalue weighted by molar-refractivity contribution is -0.147. The number of thioether (sulfide) groups is 1. The summed E-state index contributed by atoms with van der Waals surface area (Å²) in [5.41, 5.74) is 1.65. The third-order valence-electron chi connectivity index (χ3n) is 9.66. The Morgan fingerprint density at radius 3 is 2.33 bits per heavy atom. The zero-order chi connectivity index (χ0) is 32.5. The third-order valence-corrected chi connectivity index (χ3v) is 11.9. The molecular weight excluding hydrogens is 606 g/mol. The first kappa shape index (κ1) is 33.3. The Morgan fingerprint density at radius 1 is 1.07 bits per heavy atom. The number of anilines is 1. The molecule has 6 atom stereocenters. The highest BCUT2D eigenvalue weighted by Gasteiger charge is 2.78. The van der Waals surface area contributed by atoms with E-state index in [0.29, 0.717) is 43.1 Å². The predicted octanol–water partition coefficient (Wildman–Crippen LogP) is 5.96. The summed E-state index contributed by atoms with van der Waals surface area (Å²) < 4.78 is -1.33. The molecule has 1 spiro atoms. The molecule has 2 aromatic carbocycles. The maximum absolute atomic E-state index is 14.9. The average molecular weight is 650 g/mol. The number of aliphatic hydroxyl groups excluding tert-OH is 1. The number of rotatable bonds is 13. The van der Waals surface area contributed by atoms with E-state index in [2.05, 4.69) is 20.1 Å². The lowest BCUT2D eigenvalue weighted by Gasteiger charge is -2.40. The van der Waals surface area contributed by atoms with E-state index >= 15 is 0 Å². The van der Waals surface area contributed by atoms with Gasteiger partial charge < -0.3 is 19.8 Å². The highest BCUT2D eigenvalue weighted by atomic mass is 35.5. The normalized spacial score (nSPS) is 27.4. The van der Waals surface area contributed by atoms with Gasteiger partial charge in [-0.3, -0.25) is 14.4 Å². The Kier molecular flexibility index (Phi) is 9.87. The Bertz CT molecular complexity index is 1440. The van der Waals surface area contributed by atoms with Crippen molar-refractivity contribution in [1.29, 1.82) is 0 Å². The Labute approximate surface area is 276 Å². The number of halogens is 1. The first-order valence-corrected chi connectivity index (χ1v) is 17.0. The van der Waals surface area contributed by atoms with Gasteiger partial charge in [0, 0.05) is 35.1 Å².